The number of rotatable bonds is 1. The van der Waals surface area contributed by atoms with Gasteiger partial charge in [-0.1, -0.05) is 11.6 Å². The molecule has 4 nitrogen and oxygen atoms in total. The Morgan fingerprint density at radius 1 is 1.20 bits per heavy atom. The zero-order valence-corrected chi connectivity index (χ0v) is 11.0. The van der Waals surface area contributed by atoms with Gasteiger partial charge < -0.3 is 9.47 Å². The Balaban J connectivity index is 1.89. The van der Waals surface area contributed by atoms with Crippen LogP contribution in [0.4, 0.5) is 19.0 Å². The summed E-state index contributed by atoms with van der Waals surface area (Å²) in [5, 5.41) is -0.000156. The van der Waals surface area contributed by atoms with Crippen LogP contribution >= 0.6 is 11.6 Å². The van der Waals surface area contributed by atoms with E-state index in [1.807, 2.05) is 15.7 Å². The van der Waals surface area contributed by atoms with Gasteiger partial charge in [0.25, 0.3) is 0 Å². The van der Waals surface area contributed by atoms with Crippen LogP contribution in [0.5, 0.6) is 0 Å². The van der Waals surface area contributed by atoms with E-state index in [4.69, 9.17) is 11.6 Å². The minimum Gasteiger partial charge on any atom is -0.346 e. The van der Waals surface area contributed by atoms with E-state index in [0.29, 0.717) is 25.5 Å². The number of fused-ring (bicyclic) bond motifs is 1. The third-order valence-corrected chi connectivity index (χ3v) is 3.47. The summed E-state index contributed by atoms with van der Waals surface area (Å²) in [6.45, 7) is 1.81. The lowest BCUT2D eigenvalue weighted by Gasteiger charge is -2.29. The van der Waals surface area contributed by atoms with E-state index in [1.54, 1.807) is 6.20 Å². The molecule has 0 radical (unpaired) electrons. The molecule has 106 valence electrons. The standard InChI is InChI=1S/C12H10ClF3N4/c13-9-5-8(12(14,15)16)6-18-11(9)20-4-3-19-2-1-17-10(19)7-20/h1-2,5-6H,3-4,7H2. The zero-order valence-electron chi connectivity index (χ0n) is 10.2. The van der Waals surface area contributed by atoms with Crippen molar-refractivity contribution >= 4 is 17.4 Å². The molecule has 3 heterocycles. The summed E-state index contributed by atoms with van der Waals surface area (Å²) in [4.78, 5) is 9.88. The first-order chi connectivity index (χ1) is 9.45. The molecule has 0 atom stereocenters. The van der Waals surface area contributed by atoms with E-state index in [-0.39, 0.29) is 5.02 Å². The van der Waals surface area contributed by atoms with E-state index in [2.05, 4.69) is 9.97 Å². The number of alkyl halides is 3. The largest absolute Gasteiger partial charge is 0.417 e. The van der Waals surface area contributed by atoms with Crippen molar-refractivity contribution in [2.45, 2.75) is 19.3 Å². The fourth-order valence-electron chi connectivity index (χ4n) is 2.17. The molecule has 0 N–H and O–H groups in total. The molecule has 8 heteroatoms. The van der Waals surface area contributed by atoms with Crippen LogP contribution in [0.15, 0.2) is 24.7 Å². The van der Waals surface area contributed by atoms with Crippen LogP contribution in [0.2, 0.25) is 5.02 Å². The Hall–Kier alpha value is -1.76. The van der Waals surface area contributed by atoms with Crippen molar-refractivity contribution in [1.29, 1.82) is 0 Å². The van der Waals surface area contributed by atoms with Crippen molar-refractivity contribution in [3.8, 4) is 0 Å². The molecule has 0 saturated carbocycles. The highest BCUT2D eigenvalue weighted by atomic mass is 35.5. The Kier molecular flexibility index (Phi) is 3.08. The maximum atomic E-state index is 12.6. The van der Waals surface area contributed by atoms with E-state index in [1.165, 1.54) is 0 Å². The molecule has 3 rings (SSSR count). The summed E-state index contributed by atoms with van der Waals surface area (Å²) in [5.41, 5.74) is -0.843. The van der Waals surface area contributed by atoms with E-state index < -0.39 is 11.7 Å². The van der Waals surface area contributed by atoms with Crippen molar-refractivity contribution in [1.82, 2.24) is 14.5 Å². The Morgan fingerprint density at radius 3 is 2.70 bits per heavy atom. The molecule has 0 fully saturated rings. The van der Waals surface area contributed by atoms with Gasteiger partial charge in [0.15, 0.2) is 0 Å². The van der Waals surface area contributed by atoms with Crippen LogP contribution in [-0.4, -0.2) is 21.1 Å². The Labute approximate surface area is 117 Å². The SMILES string of the molecule is FC(F)(F)c1cnc(N2CCn3ccnc3C2)c(Cl)c1. The summed E-state index contributed by atoms with van der Waals surface area (Å²) in [7, 11) is 0. The third kappa shape index (κ3) is 2.33. The predicted octanol–water partition coefficient (Wildman–Crippen LogP) is 2.97. The smallest absolute Gasteiger partial charge is 0.346 e. The molecule has 0 bridgehead atoms. The topological polar surface area (TPSA) is 34.0 Å². The van der Waals surface area contributed by atoms with Crippen LogP contribution in [0.25, 0.3) is 0 Å². The number of anilines is 1. The van der Waals surface area contributed by atoms with Crippen LogP contribution in [0.1, 0.15) is 11.4 Å². The summed E-state index contributed by atoms with van der Waals surface area (Å²) in [6.07, 6.45) is -0.0648. The van der Waals surface area contributed by atoms with Gasteiger partial charge in [0.1, 0.15) is 11.6 Å². The first-order valence-corrected chi connectivity index (χ1v) is 6.30. The lowest BCUT2D eigenvalue weighted by Crippen LogP contribution is -2.34. The van der Waals surface area contributed by atoms with Gasteiger partial charge >= 0.3 is 6.18 Å². The summed E-state index contributed by atoms with van der Waals surface area (Å²) in [6, 6.07) is 0.908. The number of pyridine rings is 1. The minimum atomic E-state index is -4.44. The zero-order chi connectivity index (χ0) is 14.3. The van der Waals surface area contributed by atoms with Crippen molar-refractivity contribution in [3.63, 3.8) is 0 Å². The molecule has 0 unspecified atom stereocenters. The highest BCUT2D eigenvalue weighted by molar-refractivity contribution is 6.33. The molecule has 1 aliphatic heterocycles. The molecule has 20 heavy (non-hydrogen) atoms. The second-order valence-corrected chi connectivity index (χ2v) is 4.89. The third-order valence-electron chi connectivity index (χ3n) is 3.19. The van der Waals surface area contributed by atoms with E-state index >= 15 is 0 Å². The van der Waals surface area contributed by atoms with Crippen molar-refractivity contribution in [2.24, 2.45) is 0 Å². The van der Waals surface area contributed by atoms with Crippen molar-refractivity contribution in [3.05, 3.63) is 41.1 Å². The number of hydrogen-bond acceptors (Lipinski definition) is 3. The lowest BCUT2D eigenvalue weighted by atomic mass is 10.2. The van der Waals surface area contributed by atoms with Gasteiger partial charge in [-0.15, -0.1) is 0 Å². The summed E-state index contributed by atoms with van der Waals surface area (Å²) < 4.78 is 39.7. The molecular formula is C12H10ClF3N4. The first kappa shape index (κ1) is 13.2. The summed E-state index contributed by atoms with van der Waals surface area (Å²) >= 11 is 5.94. The maximum absolute atomic E-state index is 12.6. The second-order valence-electron chi connectivity index (χ2n) is 4.49. The predicted molar refractivity (Wildman–Crippen MR) is 67.5 cm³/mol. The fraction of sp³-hybridized carbons (Fsp3) is 0.333. The number of imidazole rings is 1. The quantitative estimate of drug-likeness (QED) is 0.812. The monoisotopic (exact) mass is 302 g/mol. The highest BCUT2D eigenvalue weighted by Gasteiger charge is 2.32. The van der Waals surface area contributed by atoms with Gasteiger partial charge in [-0.25, -0.2) is 9.97 Å². The molecule has 0 amide bonds. The molecular weight excluding hydrogens is 293 g/mol. The average molecular weight is 303 g/mol. The minimum absolute atomic E-state index is 0.000156. The number of aromatic nitrogens is 3. The molecule has 2 aromatic rings. The molecule has 0 saturated heterocycles. The molecule has 2 aromatic heterocycles. The van der Waals surface area contributed by atoms with Gasteiger partial charge in [0.05, 0.1) is 17.1 Å². The molecule has 0 spiro atoms. The molecule has 0 aliphatic carbocycles. The van der Waals surface area contributed by atoms with Crippen molar-refractivity contribution in [2.75, 3.05) is 11.4 Å². The highest BCUT2D eigenvalue weighted by Crippen LogP contribution is 2.34. The second kappa shape index (κ2) is 4.66. The van der Waals surface area contributed by atoms with Gasteiger partial charge in [-0.05, 0) is 6.07 Å². The first-order valence-electron chi connectivity index (χ1n) is 5.93. The molecule has 0 aromatic carbocycles. The Bertz CT molecular complexity index is 638. The fourth-order valence-corrected chi connectivity index (χ4v) is 2.46. The van der Waals surface area contributed by atoms with E-state index in [0.717, 1.165) is 18.1 Å². The van der Waals surface area contributed by atoms with Crippen molar-refractivity contribution < 1.29 is 13.2 Å². The van der Waals surface area contributed by atoms with Crippen LogP contribution in [-0.2, 0) is 19.3 Å². The normalized spacial score (nSPS) is 15.3. The molecule has 1 aliphatic rings. The van der Waals surface area contributed by atoms with Gasteiger partial charge in [-0.3, -0.25) is 0 Å². The number of halogens is 4. The van der Waals surface area contributed by atoms with Crippen LogP contribution in [0, 0.1) is 0 Å². The Morgan fingerprint density at radius 2 is 2.00 bits per heavy atom. The van der Waals surface area contributed by atoms with E-state index in [9.17, 15) is 13.2 Å². The summed E-state index contributed by atoms with van der Waals surface area (Å²) in [5.74, 6) is 1.20. The number of hydrogen-bond donors (Lipinski definition) is 0. The van der Waals surface area contributed by atoms with Gasteiger partial charge in [-0.2, -0.15) is 13.2 Å². The lowest BCUT2D eigenvalue weighted by molar-refractivity contribution is -0.137. The van der Waals surface area contributed by atoms with Gasteiger partial charge in [0.2, 0.25) is 0 Å². The maximum Gasteiger partial charge on any atom is 0.417 e. The average Bonchev–Trinajstić information content (AvgIpc) is 2.84. The van der Waals surface area contributed by atoms with Gasteiger partial charge in [0, 0.05) is 31.7 Å². The van der Waals surface area contributed by atoms with Crippen LogP contribution < -0.4 is 4.90 Å². The van der Waals surface area contributed by atoms with Crippen LogP contribution in [0.3, 0.4) is 0 Å². The number of nitrogens with zero attached hydrogens (tertiary/aromatic N) is 4.